The van der Waals surface area contributed by atoms with E-state index in [1.54, 1.807) is 11.0 Å². The van der Waals surface area contributed by atoms with E-state index >= 15 is 0 Å². The molecule has 0 aliphatic carbocycles. The van der Waals surface area contributed by atoms with Gasteiger partial charge in [-0.3, -0.25) is 19.3 Å². The van der Waals surface area contributed by atoms with Gasteiger partial charge >= 0.3 is 0 Å². The minimum atomic E-state index is -0.143. The summed E-state index contributed by atoms with van der Waals surface area (Å²) in [4.78, 5) is 44.6. The van der Waals surface area contributed by atoms with Gasteiger partial charge in [-0.2, -0.15) is 0 Å². The highest BCUT2D eigenvalue weighted by atomic mass is 16.5. The third kappa shape index (κ3) is 5.54. The number of para-hydroxylation sites is 1. The van der Waals surface area contributed by atoms with E-state index in [1.807, 2.05) is 54.6 Å². The van der Waals surface area contributed by atoms with Crippen LogP contribution in [0.1, 0.15) is 41.7 Å². The molecule has 0 unspecified atom stereocenters. The Balaban J connectivity index is 1.25. The van der Waals surface area contributed by atoms with Crippen molar-refractivity contribution in [2.45, 2.75) is 38.3 Å². The summed E-state index contributed by atoms with van der Waals surface area (Å²) in [5, 5.41) is 0.994. The number of carbonyl (C=O) groups is 3. The fourth-order valence-electron chi connectivity index (χ4n) is 4.64. The van der Waals surface area contributed by atoms with Gasteiger partial charge in [-0.15, -0.1) is 0 Å². The highest BCUT2D eigenvalue weighted by molar-refractivity contribution is 6.01. The SMILES string of the molecule is O=C(c1ccc2ccccc2n1)N(Cc1ccc(OCCN2C(=O)CCC2=O)cc1)C[C@H]1CCCO1. The van der Waals surface area contributed by atoms with Crippen LogP contribution in [0.3, 0.4) is 0 Å². The van der Waals surface area contributed by atoms with Crippen molar-refractivity contribution in [3.05, 3.63) is 71.9 Å². The van der Waals surface area contributed by atoms with E-state index in [2.05, 4.69) is 4.98 Å². The fourth-order valence-corrected chi connectivity index (χ4v) is 4.64. The van der Waals surface area contributed by atoms with E-state index in [9.17, 15) is 14.4 Å². The summed E-state index contributed by atoms with van der Waals surface area (Å²) in [5.74, 6) is 0.231. The quantitative estimate of drug-likeness (QED) is 0.429. The fraction of sp³-hybridized carbons (Fsp3) is 0.357. The van der Waals surface area contributed by atoms with Crippen molar-refractivity contribution in [1.29, 1.82) is 0 Å². The maximum Gasteiger partial charge on any atom is 0.272 e. The first-order chi connectivity index (χ1) is 17.6. The molecule has 2 saturated heterocycles. The van der Waals surface area contributed by atoms with E-state index in [4.69, 9.17) is 9.47 Å². The number of imide groups is 1. The second-order valence-corrected chi connectivity index (χ2v) is 9.14. The zero-order valence-electron chi connectivity index (χ0n) is 20.1. The molecule has 0 saturated carbocycles. The summed E-state index contributed by atoms with van der Waals surface area (Å²) in [6, 6.07) is 19.0. The van der Waals surface area contributed by atoms with Crippen LogP contribution >= 0.6 is 0 Å². The maximum absolute atomic E-state index is 13.5. The van der Waals surface area contributed by atoms with Crippen LogP contribution < -0.4 is 4.74 Å². The Labute approximate surface area is 209 Å². The molecule has 0 bridgehead atoms. The molecule has 0 radical (unpaired) electrons. The topological polar surface area (TPSA) is 89.0 Å². The zero-order chi connectivity index (χ0) is 24.9. The lowest BCUT2D eigenvalue weighted by atomic mass is 10.1. The number of rotatable bonds is 9. The molecule has 3 heterocycles. The lowest BCUT2D eigenvalue weighted by Gasteiger charge is -2.25. The molecule has 0 N–H and O–H groups in total. The first-order valence-corrected chi connectivity index (χ1v) is 12.4. The molecule has 2 fully saturated rings. The van der Waals surface area contributed by atoms with Crippen LogP contribution in [0.4, 0.5) is 0 Å². The van der Waals surface area contributed by atoms with Crippen molar-refractivity contribution < 1.29 is 23.9 Å². The highest BCUT2D eigenvalue weighted by Crippen LogP contribution is 2.20. The normalized spacial score (nSPS) is 17.7. The Hall–Kier alpha value is -3.78. The van der Waals surface area contributed by atoms with Gasteiger partial charge in [0, 0.05) is 37.9 Å². The van der Waals surface area contributed by atoms with Gasteiger partial charge in [-0.1, -0.05) is 36.4 Å². The predicted molar refractivity (Wildman–Crippen MR) is 133 cm³/mol. The number of aromatic nitrogens is 1. The molecule has 1 aromatic heterocycles. The summed E-state index contributed by atoms with van der Waals surface area (Å²) in [6.07, 6.45) is 2.52. The van der Waals surface area contributed by atoms with E-state index in [1.165, 1.54) is 4.90 Å². The molecule has 8 heteroatoms. The molecule has 186 valence electrons. The summed E-state index contributed by atoms with van der Waals surface area (Å²) in [6.45, 7) is 2.14. The first kappa shape index (κ1) is 23.9. The number of fused-ring (bicyclic) bond motifs is 1. The second-order valence-electron chi connectivity index (χ2n) is 9.14. The number of pyridine rings is 1. The lowest BCUT2D eigenvalue weighted by molar-refractivity contribution is -0.138. The average Bonchev–Trinajstić information content (AvgIpc) is 3.53. The van der Waals surface area contributed by atoms with Crippen molar-refractivity contribution in [3.8, 4) is 5.75 Å². The Morgan fingerprint density at radius 1 is 1.03 bits per heavy atom. The van der Waals surface area contributed by atoms with Crippen molar-refractivity contribution in [2.24, 2.45) is 0 Å². The van der Waals surface area contributed by atoms with Gasteiger partial charge in [0.2, 0.25) is 11.8 Å². The summed E-state index contributed by atoms with van der Waals surface area (Å²) >= 11 is 0. The summed E-state index contributed by atoms with van der Waals surface area (Å²) in [7, 11) is 0. The number of carbonyl (C=O) groups excluding carboxylic acids is 3. The van der Waals surface area contributed by atoms with Crippen LogP contribution in [-0.2, 0) is 20.9 Å². The Kier molecular flexibility index (Phi) is 7.23. The smallest absolute Gasteiger partial charge is 0.272 e. The van der Waals surface area contributed by atoms with Crippen molar-refractivity contribution >= 4 is 28.6 Å². The van der Waals surface area contributed by atoms with E-state index < -0.39 is 0 Å². The number of benzene rings is 2. The number of hydrogen-bond acceptors (Lipinski definition) is 6. The number of ether oxygens (including phenoxy) is 2. The van der Waals surface area contributed by atoms with Gasteiger partial charge in [0.05, 0.1) is 18.2 Å². The average molecular weight is 488 g/mol. The number of amides is 3. The standard InChI is InChI=1S/C28H29N3O5/c32-26-13-14-27(33)31(26)15-17-36-22-10-7-20(8-11-22)18-30(19-23-5-3-16-35-23)28(34)25-12-9-21-4-1-2-6-24(21)29-25/h1-2,4,6-12,23H,3,5,13-19H2/t23-/m1/s1. The predicted octanol–water partition coefficient (Wildman–Crippen LogP) is 3.58. The van der Waals surface area contributed by atoms with E-state index in [0.29, 0.717) is 24.5 Å². The largest absolute Gasteiger partial charge is 0.492 e. The molecule has 2 aliphatic rings. The Morgan fingerprint density at radius 2 is 1.81 bits per heavy atom. The van der Waals surface area contributed by atoms with Crippen molar-refractivity contribution in [3.63, 3.8) is 0 Å². The van der Waals surface area contributed by atoms with Gasteiger partial charge in [-0.05, 0) is 42.7 Å². The summed E-state index contributed by atoms with van der Waals surface area (Å²) < 4.78 is 11.5. The molecule has 5 rings (SSSR count). The van der Waals surface area contributed by atoms with E-state index in [-0.39, 0.29) is 49.8 Å². The minimum absolute atomic E-state index is 0.0213. The number of nitrogens with zero attached hydrogens (tertiary/aromatic N) is 3. The molecule has 0 spiro atoms. The Morgan fingerprint density at radius 3 is 2.56 bits per heavy atom. The van der Waals surface area contributed by atoms with Gasteiger partial charge < -0.3 is 14.4 Å². The molecular weight excluding hydrogens is 458 g/mol. The molecule has 3 aromatic rings. The molecule has 3 amide bonds. The number of likely N-dealkylation sites (tertiary alicyclic amines) is 1. The van der Waals surface area contributed by atoms with Gasteiger partial charge in [-0.25, -0.2) is 4.98 Å². The maximum atomic E-state index is 13.5. The van der Waals surface area contributed by atoms with Gasteiger partial charge in [0.25, 0.3) is 5.91 Å². The van der Waals surface area contributed by atoms with Crippen LogP contribution in [0.25, 0.3) is 10.9 Å². The van der Waals surface area contributed by atoms with Crippen LogP contribution in [0.15, 0.2) is 60.7 Å². The third-order valence-corrected chi connectivity index (χ3v) is 6.59. The Bertz CT molecular complexity index is 1240. The molecule has 1 atom stereocenters. The van der Waals surface area contributed by atoms with Gasteiger partial charge in [0.1, 0.15) is 18.1 Å². The molecule has 8 nitrogen and oxygen atoms in total. The third-order valence-electron chi connectivity index (χ3n) is 6.59. The van der Waals surface area contributed by atoms with Crippen LogP contribution in [0, 0.1) is 0 Å². The lowest BCUT2D eigenvalue weighted by Crippen LogP contribution is -2.37. The van der Waals surface area contributed by atoms with Crippen LogP contribution in [0.2, 0.25) is 0 Å². The van der Waals surface area contributed by atoms with Crippen molar-refractivity contribution in [1.82, 2.24) is 14.8 Å². The monoisotopic (exact) mass is 487 g/mol. The highest BCUT2D eigenvalue weighted by Gasteiger charge is 2.28. The zero-order valence-corrected chi connectivity index (χ0v) is 20.1. The summed E-state index contributed by atoms with van der Waals surface area (Å²) in [5.41, 5.74) is 2.16. The minimum Gasteiger partial charge on any atom is -0.492 e. The first-order valence-electron chi connectivity index (χ1n) is 12.4. The van der Waals surface area contributed by atoms with Crippen molar-refractivity contribution in [2.75, 3.05) is 26.3 Å². The van der Waals surface area contributed by atoms with Crippen LogP contribution in [0.5, 0.6) is 5.75 Å². The van der Waals surface area contributed by atoms with Gasteiger partial charge in [0.15, 0.2) is 0 Å². The molecule has 2 aromatic carbocycles. The molecule has 36 heavy (non-hydrogen) atoms. The molecule has 2 aliphatic heterocycles. The van der Waals surface area contributed by atoms with Crippen LogP contribution in [-0.4, -0.2) is 64.9 Å². The second kappa shape index (κ2) is 10.9. The molecular formula is C28H29N3O5. The number of hydrogen-bond donors (Lipinski definition) is 0. The van der Waals surface area contributed by atoms with E-state index in [0.717, 1.165) is 35.9 Å².